The molecule has 6 nitrogen and oxygen atoms in total. The summed E-state index contributed by atoms with van der Waals surface area (Å²) in [6.45, 7) is 0. The number of rotatable bonds is 3. The predicted octanol–water partition coefficient (Wildman–Crippen LogP) is 3.08. The number of anilines is 2. The summed E-state index contributed by atoms with van der Waals surface area (Å²) in [5, 5.41) is 14.1. The number of pyridine rings is 1. The van der Waals surface area contributed by atoms with E-state index in [9.17, 15) is 9.59 Å². The lowest BCUT2D eigenvalue weighted by Gasteiger charge is -2.08. The van der Waals surface area contributed by atoms with Gasteiger partial charge in [0.15, 0.2) is 0 Å². The van der Waals surface area contributed by atoms with Crippen LogP contribution < -0.4 is 10.6 Å². The molecule has 1 aromatic heterocycles. The van der Waals surface area contributed by atoms with E-state index in [0.717, 1.165) is 0 Å². The number of hydrogen-bond acceptors (Lipinski definition) is 3. The number of hydrogen-bond donors (Lipinski definition) is 3. The van der Waals surface area contributed by atoms with Gasteiger partial charge in [-0.1, -0.05) is 11.6 Å². The van der Waals surface area contributed by atoms with Gasteiger partial charge in [0.1, 0.15) is 0 Å². The number of halogens is 1. The number of urea groups is 1. The van der Waals surface area contributed by atoms with E-state index in [2.05, 4.69) is 15.6 Å². The standard InChI is InChI=1S/C13H10ClN3O3/c14-11-4-3-8(6-10(11)12(18)19)16-13(20)17-9-2-1-5-15-7-9/h1-7H,(H,18,19)(H2,16,17,20). The molecular formula is C13H10ClN3O3. The summed E-state index contributed by atoms with van der Waals surface area (Å²) in [5.41, 5.74) is 0.774. The molecule has 0 aliphatic carbocycles. The van der Waals surface area contributed by atoms with Gasteiger partial charge in [-0.2, -0.15) is 0 Å². The zero-order chi connectivity index (χ0) is 14.5. The summed E-state index contributed by atoms with van der Waals surface area (Å²) < 4.78 is 0. The Morgan fingerprint density at radius 3 is 2.55 bits per heavy atom. The Hall–Kier alpha value is -2.60. The van der Waals surface area contributed by atoms with Crippen molar-refractivity contribution >= 4 is 35.0 Å². The van der Waals surface area contributed by atoms with Gasteiger partial charge in [0.25, 0.3) is 0 Å². The lowest BCUT2D eigenvalue weighted by molar-refractivity contribution is 0.0697. The summed E-state index contributed by atoms with van der Waals surface area (Å²) in [6.07, 6.45) is 3.07. The molecule has 3 N–H and O–H groups in total. The lowest BCUT2D eigenvalue weighted by atomic mass is 10.2. The van der Waals surface area contributed by atoms with Crippen molar-refractivity contribution in [2.45, 2.75) is 0 Å². The number of benzene rings is 1. The molecule has 0 fully saturated rings. The molecular weight excluding hydrogens is 282 g/mol. The Morgan fingerprint density at radius 1 is 1.15 bits per heavy atom. The minimum absolute atomic E-state index is 0.0779. The van der Waals surface area contributed by atoms with Crippen LogP contribution in [-0.4, -0.2) is 22.1 Å². The molecule has 0 saturated carbocycles. The van der Waals surface area contributed by atoms with Crippen molar-refractivity contribution in [3.8, 4) is 0 Å². The van der Waals surface area contributed by atoms with Crippen LogP contribution in [0.25, 0.3) is 0 Å². The third-order valence-corrected chi connectivity index (χ3v) is 2.70. The number of carbonyl (C=O) groups is 2. The van der Waals surface area contributed by atoms with Crippen molar-refractivity contribution in [1.29, 1.82) is 0 Å². The second-order valence-electron chi connectivity index (χ2n) is 3.82. The maximum absolute atomic E-state index is 11.7. The van der Waals surface area contributed by atoms with E-state index in [1.54, 1.807) is 18.3 Å². The maximum atomic E-state index is 11.7. The number of aromatic nitrogens is 1. The molecule has 2 rings (SSSR count). The zero-order valence-corrected chi connectivity index (χ0v) is 10.9. The Balaban J connectivity index is 2.08. The normalized spacial score (nSPS) is 9.85. The third-order valence-electron chi connectivity index (χ3n) is 2.37. The van der Waals surface area contributed by atoms with Crippen LogP contribution in [0.5, 0.6) is 0 Å². The highest BCUT2D eigenvalue weighted by Crippen LogP contribution is 2.20. The average molecular weight is 292 g/mol. The first-order chi connectivity index (χ1) is 9.56. The molecule has 2 amide bonds. The molecule has 20 heavy (non-hydrogen) atoms. The summed E-state index contributed by atoms with van der Waals surface area (Å²) >= 11 is 5.74. The lowest BCUT2D eigenvalue weighted by Crippen LogP contribution is -2.19. The molecule has 7 heteroatoms. The quantitative estimate of drug-likeness (QED) is 0.810. The molecule has 0 bridgehead atoms. The second kappa shape index (κ2) is 6.03. The third kappa shape index (κ3) is 3.46. The summed E-state index contributed by atoms with van der Waals surface area (Å²) in [7, 11) is 0. The van der Waals surface area contributed by atoms with Gasteiger partial charge >= 0.3 is 12.0 Å². The molecule has 0 spiro atoms. The molecule has 0 aliphatic rings. The number of aromatic carboxylic acids is 1. The fraction of sp³-hybridized carbons (Fsp3) is 0. The van der Waals surface area contributed by atoms with Crippen LogP contribution in [0.15, 0.2) is 42.7 Å². The van der Waals surface area contributed by atoms with Crippen LogP contribution in [0.3, 0.4) is 0 Å². The minimum atomic E-state index is -1.16. The highest BCUT2D eigenvalue weighted by atomic mass is 35.5. The van der Waals surface area contributed by atoms with Crippen molar-refractivity contribution < 1.29 is 14.7 Å². The molecule has 0 unspecified atom stereocenters. The number of carboxylic acids is 1. The number of amides is 2. The molecule has 1 aromatic carbocycles. The first-order valence-electron chi connectivity index (χ1n) is 5.57. The summed E-state index contributed by atoms with van der Waals surface area (Å²) in [4.78, 5) is 26.5. The maximum Gasteiger partial charge on any atom is 0.337 e. The van der Waals surface area contributed by atoms with E-state index in [1.165, 1.54) is 24.4 Å². The van der Waals surface area contributed by atoms with Crippen molar-refractivity contribution in [2.75, 3.05) is 10.6 Å². The Morgan fingerprint density at radius 2 is 1.90 bits per heavy atom. The highest BCUT2D eigenvalue weighted by molar-refractivity contribution is 6.33. The summed E-state index contributed by atoms with van der Waals surface area (Å²) in [5.74, 6) is -1.16. The number of carboxylic acid groups (broad SMARTS) is 1. The second-order valence-corrected chi connectivity index (χ2v) is 4.23. The number of nitrogens with one attached hydrogen (secondary N) is 2. The molecule has 0 radical (unpaired) electrons. The van der Waals surface area contributed by atoms with Crippen LogP contribution in [-0.2, 0) is 0 Å². The topological polar surface area (TPSA) is 91.3 Å². The van der Waals surface area contributed by atoms with Crippen molar-refractivity contribution in [3.63, 3.8) is 0 Å². The van der Waals surface area contributed by atoms with Crippen molar-refractivity contribution in [2.24, 2.45) is 0 Å². The van der Waals surface area contributed by atoms with Crippen LogP contribution >= 0.6 is 11.6 Å². The molecule has 2 aromatic rings. The van der Waals surface area contributed by atoms with Crippen LogP contribution in [0, 0.1) is 0 Å². The largest absolute Gasteiger partial charge is 0.478 e. The fourth-order valence-corrected chi connectivity index (χ4v) is 1.70. The Bertz CT molecular complexity index is 647. The van der Waals surface area contributed by atoms with E-state index >= 15 is 0 Å². The Kier molecular flexibility index (Phi) is 4.17. The van der Waals surface area contributed by atoms with Gasteiger partial charge in [-0.15, -0.1) is 0 Å². The highest BCUT2D eigenvalue weighted by Gasteiger charge is 2.10. The molecule has 0 saturated heterocycles. The van der Waals surface area contributed by atoms with Crippen molar-refractivity contribution in [3.05, 3.63) is 53.3 Å². The van der Waals surface area contributed by atoms with Crippen molar-refractivity contribution in [1.82, 2.24) is 4.98 Å². The summed E-state index contributed by atoms with van der Waals surface area (Å²) in [6, 6.07) is 7.06. The first-order valence-corrected chi connectivity index (χ1v) is 5.95. The van der Waals surface area contributed by atoms with Gasteiger partial charge in [-0.25, -0.2) is 9.59 Å². The molecule has 0 aliphatic heterocycles. The van der Waals surface area contributed by atoms with Crippen LogP contribution in [0.1, 0.15) is 10.4 Å². The van der Waals surface area contributed by atoms with E-state index in [4.69, 9.17) is 16.7 Å². The molecule has 1 heterocycles. The van der Waals surface area contributed by atoms with Gasteiger partial charge in [0.2, 0.25) is 0 Å². The fourth-order valence-electron chi connectivity index (χ4n) is 1.50. The number of carbonyl (C=O) groups excluding carboxylic acids is 1. The Labute approximate surface area is 119 Å². The van der Waals surface area contributed by atoms with E-state index in [0.29, 0.717) is 11.4 Å². The van der Waals surface area contributed by atoms with Crippen LogP contribution in [0.2, 0.25) is 5.02 Å². The van der Waals surface area contributed by atoms with Gasteiger partial charge in [0, 0.05) is 11.9 Å². The molecule has 0 atom stereocenters. The van der Waals surface area contributed by atoms with E-state index in [-0.39, 0.29) is 10.6 Å². The van der Waals surface area contributed by atoms with Gasteiger partial charge in [-0.05, 0) is 30.3 Å². The van der Waals surface area contributed by atoms with E-state index < -0.39 is 12.0 Å². The smallest absolute Gasteiger partial charge is 0.337 e. The zero-order valence-electron chi connectivity index (χ0n) is 10.1. The number of nitrogens with zero attached hydrogens (tertiary/aromatic N) is 1. The predicted molar refractivity (Wildman–Crippen MR) is 75.3 cm³/mol. The minimum Gasteiger partial charge on any atom is -0.478 e. The monoisotopic (exact) mass is 291 g/mol. The van der Waals surface area contributed by atoms with Gasteiger partial charge in [0.05, 0.1) is 22.5 Å². The van der Waals surface area contributed by atoms with Crippen LogP contribution in [0.4, 0.5) is 16.2 Å². The first kappa shape index (κ1) is 13.8. The molecule has 102 valence electrons. The van der Waals surface area contributed by atoms with E-state index in [1.807, 2.05) is 0 Å². The average Bonchev–Trinajstić information content (AvgIpc) is 2.41. The van der Waals surface area contributed by atoms with Gasteiger partial charge in [-0.3, -0.25) is 4.98 Å². The SMILES string of the molecule is O=C(Nc1cccnc1)Nc1ccc(Cl)c(C(=O)O)c1. The van der Waals surface area contributed by atoms with Gasteiger partial charge < -0.3 is 15.7 Å².